The predicted molar refractivity (Wildman–Crippen MR) is 99.1 cm³/mol. The highest BCUT2D eigenvalue weighted by Gasteiger charge is 2.26. The van der Waals surface area contributed by atoms with E-state index in [0.29, 0.717) is 6.04 Å². The quantitative estimate of drug-likeness (QED) is 0.831. The van der Waals surface area contributed by atoms with E-state index in [4.69, 9.17) is 4.98 Å². The highest BCUT2D eigenvalue weighted by molar-refractivity contribution is 5.40. The maximum absolute atomic E-state index is 4.79. The molecule has 2 aromatic rings. The third kappa shape index (κ3) is 3.46. The van der Waals surface area contributed by atoms with Gasteiger partial charge in [0.15, 0.2) is 0 Å². The normalized spacial score (nSPS) is 22.0. The lowest BCUT2D eigenvalue weighted by Crippen LogP contribution is -2.30. The molecule has 1 atom stereocenters. The highest BCUT2D eigenvalue weighted by atomic mass is 15.2. The summed E-state index contributed by atoms with van der Waals surface area (Å²) < 4.78 is 0. The van der Waals surface area contributed by atoms with Gasteiger partial charge in [-0.15, -0.1) is 0 Å². The van der Waals surface area contributed by atoms with Gasteiger partial charge >= 0.3 is 0 Å². The van der Waals surface area contributed by atoms with Crippen molar-refractivity contribution in [2.75, 3.05) is 24.5 Å². The van der Waals surface area contributed by atoms with Crippen LogP contribution in [0.15, 0.2) is 48.7 Å². The number of nitrogens with zero attached hydrogens (tertiary/aromatic N) is 3. The van der Waals surface area contributed by atoms with Crippen molar-refractivity contribution in [1.82, 2.24) is 9.88 Å². The van der Waals surface area contributed by atoms with E-state index in [1.807, 2.05) is 0 Å². The Morgan fingerprint density at radius 1 is 0.875 bits per heavy atom. The molecule has 0 saturated carbocycles. The van der Waals surface area contributed by atoms with Gasteiger partial charge in [-0.05, 0) is 55.8 Å². The summed E-state index contributed by atoms with van der Waals surface area (Å²) in [5, 5.41) is 0. The van der Waals surface area contributed by atoms with E-state index in [-0.39, 0.29) is 0 Å². The van der Waals surface area contributed by atoms with Crippen molar-refractivity contribution in [3.05, 3.63) is 59.8 Å². The Bertz CT molecular complexity index is 632. The number of aromatic nitrogens is 1. The summed E-state index contributed by atoms with van der Waals surface area (Å²) in [6, 6.07) is 15.9. The molecule has 3 heteroatoms. The van der Waals surface area contributed by atoms with Crippen LogP contribution in [0.1, 0.15) is 49.3 Å². The summed E-state index contributed by atoms with van der Waals surface area (Å²) in [5.74, 6) is 1.16. The number of rotatable bonds is 4. The zero-order chi connectivity index (χ0) is 16.2. The standard InChI is InChI=1S/C21H27N3/c1-3-8-18(9-4-1)17-24-15-7-10-20(24)19-11-12-21(22-16-19)23-13-5-2-6-14-23/h1,3-4,8-9,11-12,16,20H,2,5-7,10,13-15,17H2. The van der Waals surface area contributed by atoms with Crippen molar-refractivity contribution in [2.24, 2.45) is 0 Å². The van der Waals surface area contributed by atoms with Crippen LogP contribution in [0, 0.1) is 0 Å². The lowest BCUT2D eigenvalue weighted by molar-refractivity contribution is 0.248. The number of anilines is 1. The van der Waals surface area contributed by atoms with Gasteiger partial charge in [0.25, 0.3) is 0 Å². The van der Waals surface area contributed by atoms with Crippen LogP contribution in [0.2, 0.25) is 0 Å². The van der Waals surface area contributed by atoms with Gasteiger partial charge in [0, 0.05) is 31.9 Å². The Morgan fingerprint density at radius 3 is 2.46 bits per heavy atom. The van der Waals surface area contributed by atoms with Crippen LogP contribution in [0.25, 0.3) is 0 Å². The van der Waals surface area contributed by atoms with Crippen LogP contribution in [0.3, 0.4) is 0 Å². The molecule has 2 aliphatic heterocycles. The number of benzene rings is 1. The summed E-state index contributed by atoms with van der Waals surface area (Å²) in [5.41, 5.74) is 2.78. The summed E-state index contributed by atoms with van der Waals surface area (Å²) in [4.78, 5) is 9.83. The maximum atomic E-state index is 4.79. The number of hydrogen-bond donors (Lipinski definition) is 0. The summed E-state index contributed by atoms with van der Waals surface area (Å²) >= 11 is 0. The monoisotopic (exact) mass is 321 g/mol. The van der Waals surface area contributed by atoms with Crippen molar-refractivity contribution >= 4 is 5.82 Å². The number of piperidine rings is 1. The summed E-state index contributed by atoms with van der Waals surface area (Å²) in [6.07, 6.45) is 8.62. The fourth-order valence-corrected chi connectivity index (χ4v) is 4.12. The van der Waals surface area contributed by atoms with E-state index in [0.717, 1.165) is 25.5 Å². The fraction of sp³-hybridized carbons (Fsp3) is 0.476. The van der Waals surface area contributed by atoms with E-state index in [2.05, 4.69) is 58.5 Å². The van der Waals surface area contributed by atoms with E-state index in [9.17, 15) is 0 Å². The van der Waals surface area contributed by atoms with Gasteiger partial charge in [-0.3, -0.25) is 4.90 Å². The van der Waals surface area contributed by atoms with Gasteiger partial charge in [-0.1, -0.05) is 36.4 Å². The van der Waals surface area contributed by atoms with Crippen LogP contribution >= 0.6 is 0 Å². The van der Waals surface area contributed by atoms with Crippen LogP contribution in [-0.2, 0) is 6.54 Å². The first-order valence-corrected chi connectivity index (χ1v) is 9.39. The molecule has 0 aliphatic carbocycles. The van der Waals surface area contributed by atoms with E-state index < -0.39 is 0 Å². The lowest BCUT2D eigenvalue weighted by Gasteiger charge is -2.29. The zero-order valence-electron chi connectivity index (χ0n) is 14.4. The Balaban J connectivity index is 1.46. The van der Waals surface area contributed by atoms with Gasteiger partial charge < -0.3 is 4.90 Å². The average molecular weight is 321 g/mol. The first kappa shape index (κ1) is 15.6. The molecule has 0 N–H and O–H groups in total. The zero-order valence-corrected chi connectivity index (χ0v) is 14.4. The summed E-state index contributed by atoms with van der Waals surface area (Å²) in [7, 11) is 0. The molecular formula is C21H27N3. The molecular weight excluding hydrogens is 294 g/mol. The molecule has 0 spiro atoms. The maximum Gasteiger partial charge on any atom is 0.128 e. The van der Waals surface area contributed by atoms with Crippen LogP contribution < -0.4 is 4.90 Å². The van der Waals surface area contributed by atoms with Crippen molar-refractivity contribution in [1.29, 1.82) is 0 Å². The lowest BCUT2D eigenvalue weighted by atomic mass is 10.1. The molecule has 2 saturated heterocycles. The molecule has 0 radical (unpaired) electrons. The molecule has 1 aromatic heterocycles. The van der Waals surface area contributed by atoms with Crippen LogP contribution in [0.4, 0.5) is 5.82 Å². The average Bonchev–Trinajstić information content (AvgIpc) is 3.11. The minimum atomic E-state index is 0.521. The second-order valence-corrected chi connectivity index (χ2v) is 7.11. The smallest absolute Gasteiger partial charge is 0.128 e. The molecule has 4 rings (SSSR count). The topological polar surface area (TPSA) is 19.4 Å². The van der Waals surface area contributed by atoms with E-state index >= 15 is 0 Å². The number of likely N-dealkylation sites (tertiary alicyclic amines) is 1. The molecule has 24 heavy (non-hydrogen) atoms. The van der Waals surface area contributed by atoms with Crippen molar-refractivity contribution < 1.29 is 0 Å². The molecule has 3 nitrogen and oxygen atoms in total. The molecule has 3 heterocycles. The second kappa shape index (κ2) is 7.35. The first-order valence-electron chi connectivity index (χ1n) is 9.39. The number of hydrogen-bond acceptors (Lipinski definition) is 3. The Labute approximate surface area is 145 Å². The molecule has 2 fully saturated rings. The predicted octanol–water partition coefficient (Wildman–Crippen LogP) is 4.41. The third-order valence-electron chi connectivity index (χ3n) is 5.43. The third-order valence-corrected chi connectivity index (χ3v) is 5.43. The van der Waals surface area contributed by atoms with Gasteiger partial charge in [0.2, 0.25) is 0 Å². The minimum absolute atomic E-state index is 0.521. The highest BCUT2D eigenvalue weighted by Crippen LogP contribution is 2.33. The SMILES string of the molecule is c1ccc(CN2CCCC2c2ccc(N3CCCCC3)nc2)cc1. The Kier molecular flexibility index (Phi) is 4.79. The van der Waals surface area contributed by atoms with Gasteiger partial charge in [0.1, 0.15) is 5.82 Å². The van der Waals surface area contributed by atoms with Gasteiger partial charge in [0.05, 0.1) is 0 Å². The molecule has 0 amide bonds. The minimum Gasteiger partial charge on any atom is -0.357 e. The van der Waals surface area contributed by atoms with Crippen molar-refractivity contribution in [3.63, 3.8) is 0 Å². The Hall–Kier alpha value is -1.87. The van der Waals surface area contributed by atoms with Gasteiger partial charge in [-0.25, -0.2) is 4.98 Å². The molecule has 2 aliphatic rings. The number of pyridine rings is 1. The molecule has 1 unspecified atom stereocenters. The molecule has 126 valence electrons. The van der Waals surface area contributed by atoms with Crippen LogP contribution in [0.5, 0.6) is 0 Å². The fourth-order valence-electron chi connectivity index (χ4n) is 4.12. The first-order chi connectivity index (χ1) is 11.9. The largest absolute Gasteiger partial charge is 0.357 e. The van der Waals surface area contributed by atoms with Crippen LogP contribution in [-0.4, -0.2) is 29.5 Å². The van der Waals surface area contributed by atoms with Crippen molar-refractivity contribution in [2.45, 2.75) is 44.7 Å². The van der Waals surface area contributed by atoms with E-state index in [1.165, 1.54) is 49.8 Å². The summed E-state index contributed by atoms with van der Waals surface area (Å²) in [6.45, 7) is 4.55. The second-order valence-electron chi connectivity index (χ2n) is 7.11. The van der Waals surface area contributed by atoms with Crippen molar-refractivity contribution in [3.8, 4) is 0 Å². The van der Waals surface area contributed by atoms with Gasteiger partial charge in [-0.2, -0.15) is 0 Å². The molecule has 1 aromatic carbocycles. The van der Waals surface area contributed by atoms with E-state index in [1.54, 1.807) is 0 Å². The Morgan fingerprint density at radius 2 is 1.71 bits per heavy atom. The molecule has 0 bridgehead atoms.